The number of hydrogen-bond acceptors (Lipinski definition) is 9. The van der Waals surface area contributed by atoms with Crippen LogP contribution in [0.25, 0.3) is 0 Å². The van der Waals surface area contributed by atoms with Crippen molar-refractivity contribution in [2.45, 2.75) is 113 Å². The molecule has 3 amide bonds. The van der Waals surface area contributed by atoms with E-state index in [-0.39, 0.29) is 54.6 Å². The first-order valence-corrected chi connectivity index (χ1v) is 22.6. The third-order valence-corrected chi connectivity index (χ3v) is 15.2. The van der Waals surface area contributed by atoms with Crippen molar-refractivity contribution < 1.29 is 41.4 Å². The van der Waals surface area contributed by atoms with Gasteiger partial charge >= 0.3 is 6.18 Å². The molecule has 1 aromatic heterocycles. The van der Waals surface area contributed by atoms with Gasteiger partial charge in [0.1, 0.15) is 34.9 Å². The van der Waals surface area contributed by atoms with E-state index >= 15 is 17.6 Å². The van der Waals surface area contributed by atoms with Crippen LogP contribution >= 0.6 is 0 Å². The Morgan fingerprint density at radius 2 is 1.64 bits per heavy atom. The van der Waals surface area contributed by atoms with Crippen LogP contribution in [0.4, 0.5) is 23.2 Å². The van der Waals surface area contributed by atoms with Gasteiger partial charge in [0.25, 0.3) is 5.91 Å². The van der Waals surface area contributed by atoms with Gasteiger partial charge in [0, 0.05) is 63.5 Å². The van der Waals surface area contributed by atoms with Crippen LogP contribution in [-0.2, 0) is 21.4 Å². The minimum absolute atomic E-state index is 0.0761. The minimum Gasteiger partial charge on any atom is -0.487 e. The number of hydrogen-bond donors (Lipinski definition) is 2. The Balaban J connectivity index is 0.926. The molecule has 8 aliphatic rings. The SMILES string of the molecule is Cn1nccc1C(=O)N[C@H](C(=O)Nc1cc2c(cc1F)C(N1C[C@@H](C(F)(F)F)N(CC3CCN(C4CC4)CC3)CC1=O)CC1(CCN(C3COC3)CC1)O2)C(C1CC1)C1CC1. The largest absolute Gasteiger partial charge is 0.487 e. The second-order valence-corrected chi connectivity index (χ2v) is 19.4. The average molecular weight is 855 g/mol. The summed E-state index contributed by atoms with van der Waals surface area (Å²) in [4.78, 5) is 49.5. The lowest BCUT2D eigenvalue weighted by Crippen LogP contribution is -2.64. The number of benzene rings is 1. The number of likely N-dealkylation sites (tertiary alicyclic amines) is 2. The summed E-state index contributed by atoms with van der Waals surface area (Å²) in [6, 6.07) is 1.48. The number of halogens is 4. The second-order valence-electron chi connectivity index (χ2n) is 19.4. The molecular formula is C44H58F4N8O5. The van der Waals surface area contributed by atoms with Crippen molar-refractivity contribution in [2.24, 2.45) is 30.7 Å². The maximum atomic E-state index is 16.5. The van der Waals surface area contributed by atoms with E-state index < -0.39 is 60.0 Å². The van der Waals surface area contributed by atoms with Gasteiger partial charge in [0.05, 0.1) is 37.5 Å². The highest BCUT2D eigenvalue weighted by Crippen LogP contribution is 2.52. The van der Waals surface area contributed by atoms with E-state index in [1.807, 2.05) is 0 Å². The first-order chi connectivity index (χ1) is 29.3. The number of piperazine rings is 1. The van der Waals surface area contributed by atoms with Crippen LogP contribution in [0.2, 0.25) is 0 Å². The van der Waals surface area contributed by atoms with E-state index in [1.54, 1.807) is 13.1 Å². The molecule has 5 aliphatic heterocycles. The molecule has 3 atom stereocenters. The zero-order valence-electron chi connectivity index (χ0n) is 34.9. The molecule has 1 unspecified atom stereocenters. The number of ether oxygens (including phenoxy) is 2. The summed E-state index contributed by atoms with van der Waals surface area (Å²) in [7, 11) is 1.65. The number of alkyl halides is 3. The summed E-state index contributed by atoms with van der Waals surface area (Å²) < 4.78 is 75.5. The lowest BCUT2D eigenvalue weighted by atomic mass is 9.79. The summed E-state index contributed by atoms with van der Waals surface area (Å²) in [5.41, 5.74) is -0.394. The third kappa shape index (κ3) is 8.52. The van der Waals surface area contributed by atoms with Crippen LogP contribution in [0.1, 0.15) is 92.7 Å². The maximum absolute atomic E-state index is 16.5. The number of aromatic nitrogens is 2. The Morgan fingerprint density at radius 1 is 0.951 bits per heavy atom. The molecule has 13 nitrogen and oxygen atoms in total. The van der Waals surface area contributed by atoms with E-state index in [9.17, 15) is 14.4 Å². The highest BCUT2D eigenvalue weighted by atomic mass is 19.4. The number of fused-ring (bicyclic) bond motifs is 1. The number of anilines is 1. The van der Waals surface area contributed by atoms with Crippen molar-refractivity contribution in [1.29, 1.82) is 0 Å². The maximum Gasteiger partial charge on any atom is 0.405 e. The molecule has 6 heterocycles. The predicted molar refractivity (Wildman–Crippen MR) is 215 cm³/mol. The molecule has 61 heavy (non-hydrogen) atoms. The van der Waals surface area contributed by atoms with E-state index in [1.165, 1.54) is 45.7 Å². The quantitative estimate of drug-likeness (QED) is 0.292. The Morgan fingerprint density at radius 3 is 2.23 bits per heavy atom. The van der Waals surface area contributed by atoms with Gasteiger partial charge in [-0.2, -0.15) is 18.3 Å². The molecule has 0 radical (unpaired) electrons. The van der Waals surface area contributed by atoms with E-state index in [0.29, 0.717) is 62.5 Å². The summed E-state index contributed by atoms with van der Waals surface area (Å²) in [5, 5.41) is 9.86. The topological polar surface area (TPSA) is 125 Å². The van der Waals surface area contributed by atoms with Crippen LogP contribution in [0, 0.1) is 29.5 Å². The molecule has 2 N–H and O–H groups in total. The van der Waals surface area contributed by atoms with Gasteiger partial charge in [-0.1, -0.05) is 0 Å². The number of carbonyl (C=O) groups is 3. The van der Waals surface area contributed by atoms with Crippen molar-refractivity contribution in [2.75, 3.05) is 64.3 Å². The molecule has 7 fully saturated rings. The predicted octanol–water partition coefficient (Wildman–Crippen LogP) is 4.74. The van der Waals surface area contributed by atoms with Gasteiger partial charge < -0.3 is 29.9 Å². The number of rotatable bonds is 12. The lowest BCUT2D eigenvalue weighted by Gasteiger charge is -2.52. The lowest BCUT2D eigenvalue weighted by molar-refractivity contribution is -0.205. The first kappa shape index (κ1) is 41.2. The van der Waals surface area contributed by atoms with Gasteiger partial charge in [-0.25, -0.2) is 4.39 Å². The van der Waals surface area contributed by atoms with Crippen molar-refractivity contribution >= 4 is 23.4 Å². The van der Waals surface area contributed by atoms with Crippen LogP contribution < -0.4 is 15.4 Å². The van der Waals surface area contributed by atoms with Crippen molar-refractivity contribution in [1.82, 2.24) is 34.7 Å². The summed E-state index contributed by atoms with van der Waals surface area (Å²) in [5.74, 6) is -1.47. The zero-order valence-corrected chi connectivity index (χ0v) is 34.9. The number of carbonyl (C=O) groups excluding carboxylic acids is 3. The molecule has 17 heteroatoms. The molecular weight excluding hydrogens is 797 g/mol. The molecule has 1 spiro atoms. The number of aryl methyl sites for hydroxylation is 1. The van der Waals surface area contributed by atoms with Crippen LogP contribution in [-0.4, -0.2) is 142 Å². The van der Waals surface area contributed by atoms with E-state index in [2.05, 4.69) is 25.5 Å². The van der Waals surface area contributed by atoms with Crippen LogP contribution in [0.5, 0.6) is 5.75 Å². The van der Waals surface area contributed by atoms with Gasteiger partial charge in [0.2, 0.25) is 11.8 Å². The molecule has 4 saturated heterocycles. The fraction of sp³-hybridized carbons (Fsp3) is 0.727. The molecule has 3 aliphatic carbocycles. The fourth-order valence-electron chi connectivity index (χ4n) is 11.2. The molecule has 0 bridgehead atoms. The monoisotopic (exact) mass is 854 g/mol. The highest BCUT2D eigenvalue weighted by molar-refractivity contribution is 6.01. The number of piperidine rings is 2. The molecule has 332 valence electrons. The Kier molecular flexibility index (Phi) is 10.9. The fourth-order valence-corrected chi connectivity index (χ4v) is 11.2. The van der Waals surface area contributed by atoms with Crippen LogP contribution in [0.3, 0.4) is 0 Å². The van der Waals surface area contributed by atoms with Crippen molar-refractivity contribution in [3.63, 3.8) is 0 Å². The van der Waals surface area contributed by atoms with E-state index in [4.69, 9.17) is 9.47 Å². The Bertz CT molecular complexity index is 1970. The second kappa shape index (κ2) is 16.1. The van der Waals surface area contributed by atoms with Gasteiger partial charge in [-0.05, 0) is 113 Å². The molecule has 2 aromatic rings. The van der Waals surface area contributed by atoms with Gasteiger partial charge in [0.15, 0.2) is 0 Å². The van der Waals surface area contributed by atoms with Gasteiger partial charge in [-0.3, -0.25) is 28.9 Å². The summed E-state index contributed by atoms with van der Waals surface area (Å²) in [6.45, 7) is 3.68. The van der Waals surface area contributed by atoms with Crippen molar-refractivity contribution in [3.8, 4) is 5.75 Å². The van der Waals surface area contributed by atoms with Crippen molar-refractivity contribution in [3.05, 3.63) is 41.5 Å². The standard InChI is InChI=1S/C44H58F4N8O5/c1-52-34(8-13-49-52)41(58)51-40(39(27-2-3-27)28-4-5-28)42(59)50-33-19-36-31(18-32(33)45)35(20-43(61-36)11-16-54(17-12-43)30-24-60-25-30)56-22-37(44(46,47)48)55(23-38(56)57)21-26-9-14-53(15-10-26)29-6-7-29/h8,13,18-19,26-30,35,37,39-40H,2-7,9-12,14-17,20-25H2,1H3,(H,50,59)(H,51,58)/t35?,37-,40-/m0/s1. The normalized spacial score (nSPS) is 27.4. The Hall–Kier alpha value is -3.80. The third-order valence-electron chi connectivity index (χ3n) is 15.2. The van der Waals surface area contributed by atoms with E-state index in [0.717, 1.165) is 51.6 Å². The molecule has 1 aromatic carbocycles. The number of nitrogens with zero attached hydrogens (tertiary/aromatic N) is 6. The smallest absolute Gasteiger partial charge is 0.405 e. The number of amides is 3. The zero-order chi connectivity index (χ0) is 42.2. The molecule has 3 saturated carbocycles. The number of nitrogens with one attached hydrogen (secondary N) is 2. The average Bonchev–Trinajstić information content (AvgIpc) is 4.07. The minimum atomic E-state index is -4.59. The first-order valence-electron chi connectivity index (χ1n) is 22.6. The summed E-state index contributed by atoms with van der Waals surface area (Å²) >= 11 is 0. The highest BCUT2D eigenvalue weighted by Gasteiger charge is 2.54. The van der Waals surface area contributed by atoms with Gasteiger partial charge in [-0.15, -0.1) is 0 Å². The molecule has 10 rings (SSSR count). The Labute approximate surface area is 353 Å². The summed E-state index contributed by atoms with van der Waals surface area (Å²) in [6.07, 6.45) is 6.06. The van der Waals surface area contributed by atoms with Crippen LogP contribution in [0.15, 0.2) is 24.4 Å².